The summed E-state index contributed by atoms with van der Waals surface area (Å²) in [6, 6.07) is 9.11. The van der Waals surface area contributed by atoms with Crippen molar-refractivity contribution in [2.75, 3.05) is 48.0 Å². The maximum absolute atomic E-state index is 13.3. The number of carbonyl (C=O) groups is 2. The fourth-order valence-electron chi connectivity index (χ4n) is 4.19. The SMILES string of the molecule is CCOc1ccc(/C(O)=C2\C(=O)C(=O)N(CCCN(C)C)[C@H]2c2cccc(OC)c2OC)cc1Cl. The Labute approximate surface area is 210 Å². The lowest BCUT2D eigenvalue weighted by Gasteiger charge is -2.27. The maximum Gasteiger partial charge on any atom is 0.295 e. The van der Waals surface area contributed by atoms with Crippen LogP contribution in [0.25, 0.3) is 5.76 Å². The van der Waals surface area contributed by atoms with Gasteiger partial charge in [-0.3, -0.25) is 9.59 Å². The van der Waals surface area contributed by atoms with E-state index in [9.17, 15) is 14.7 Å². The number of hydrogen-bond donors (Lipinski definition) is 1. The van der Waals surface area contributed by atoms with Crippen LogP contribution in [0.2, 0.25) is 5.02 Å². The number of halogens is 1. The fourth-order valence-corrected chi connectivity index (χ4v) is 4.43. The molecule has 35 heavy (non-hydrogen) atoms. The van der Waals surface area contributed by atoms with Crippen LogP contribution in [0.15, 0.2) is 42.0 Å². The van der Waals surface area contributed by atoms with E-state index in [0.717, 1.165) is 6.54 Å². The molecule has 0 aliphatic carbocycles. The number of benzene rings is 2. The number of aliphatic hydroxyl groups is 1. The number of Topliss-reactive ketones (excluding diaryl/α,β-unsaturated/α-hetero) is 1. The number of aliphatic hydroxyl groups excluding tert-OH is 1. The minimum atomic E-state index is -0.868. The van der Waals surface area contributed by atoms with Crippen LogP contribution in [0.4, 0.5) is 0 Å². The maximum atomic E-state index is 13.3. The standard InChI is InChI=1S/C26H31ClN2O6/c1-6-35-19-12-11-16(15-18(19)27)23(30)21-22(17-9-7-10-20(33-4)25(17)34-5)29(26(32)24(21)31)14-8-13-28(2)3/h7,9-12,15,22,30H,6,8,13-14H2,1-5H3/b23-21+/t22-/m0/s1. The first-order valence-electron chi connectivity index (χ1n) is 11.3. The van der Waals surface area contributed by atoms with Gasteiger partial charge in [0, 0.05) is 17.7 Å². The summed E-state index contributed by atoms with van der Waals surface area (Å²) < 4.78 is 16.5. The van der Waals surface area contributed by atoms with Crippen molar-refractivity contribution in [2.24, 2.45) is 0 Å². The summed E-state index contributed by atoms with van der Waals surface area (Å²) in [5.74, 6) is -0.480. The van der Waals surface area contributed by atoms with Crippen molar-refractivity contribution >= 4 is 29.1 Å². The molecule has 1 atom stereocenters. The smallest absolute Gasteiger partial charge is 0.295 e. The van der Waals surface area contributed by atoms with Crippen LogP contribution in [0.5, 0.6) is 17.2 Å². The number of ether oxygens (including phenoxy) is 3. The van der Waals surface area contributed by atoms with Gasteiger partial charge >= 0.3 is 0 Å². The lowest BCUT2D eigenvalue weighted by Crippen LogP contribution is -2.32. The van der Waals surface area contributed by atoms with Crippen LogP contribution in [0, 0.1) is 0 Å². The van der Waals surface area contributed by atoms with E-state index in [1.165, 1.54) is 25.2 Å². The van der Waals surface area contributed by atoms with Crippen molar-refractivity contribution in [1.29, 1.82) is 0 Å². The van der Waals surface area contributed by atoms with E-state index in [2.05, 4.69) is 0 Å². The normalized spacial score (nSPS) is 17.2. The first-order valence-corrected chi connectivity index (χ1v) is 11.7. The summed E-state index contributed by atoms with van der Waals surface area (Å²) in [6.45, 7) is 3.30. The molecule has 9 heteroatoms. The molecule has 2 aromatic carbocycles. The molecule has 0 bridgehead atoms. The molecule has 1 heterocycles. The van der Waals surface area contributed by atoms with E-state index in [4.69, 9.17) is 25.8 Å². The van der Waals surface area contributed by atoms with Crippen molar-refractivity contribution < 1.29 is 28.9 Å². The summed E-state index contributed by atoms with van der Waals surface area (Å²) in [5.41, 5.74) is 0.803. The highest BCUT2D eigenvalue weighted by Gasteiger charge is 2.47. The molecule has 8 nitrogen and oxygen atoms in total. The third-order valence-electron chi connectivity index (χ3n) is 5.78. The van der Waals surface area contributed by atoms with Crippen molar-refractivity contribution in [2.45, 2.75) is 19.4 Å². The molecule has 0 radical (unpaired) electrons. The Balaban J connectivity index is 2.19. The fraction of sp³-hybridized carbons (Fsp3) is 0.385. The number of nitrogens with zero attached hydrogens (tertiary/aromatic N) is 2. The minimum absolute atomic E-state index is 0.0355. The summed E-state index contributed by atoms with van der Waals surface area (Å²) in [4.78, 5) is 29.9. The Hall–Kier alpha value is -3.23. The minimum Gasteiger partial charge on any atom is -0.507 e. The van der Waals surface area contributed by atoms with Gasteiger partial charge in [0.2, 0.25) is 0 Å². The Morgan fingerprint density at radius 1 is 1.11 bits per heavy atom. The molecule has 1 aliphatic heterocycles. The van der Waals surface area contributed by atoms with Crippen LogP contribution in [-0.2, 0) is 9.59 Å². The summed E-state index contributed by atoms with van der Waals surface area (Å²) in [6.07, 6.45) is 0.637. The zero-order valence-electron chi connectivity index (χ0n) is 20.6. The first kappa shape index (κ1) is 26.4. The van der Waals surface area contributed by atoms with E-state index in [1.54, 1.807) is 30.3 Å². The molecule has 188 valence electrons. The predicted octanol–water partition coefficient (Wildman–Crippen LogP) is 4.13. The van der Waals surface area contributed by atoms with Crippen LogP contribution in [0.1, 0.15) is 30.5 Å². The average molecular weight is 503 g/mol. The van der Waals surface area contributed by atoms with E-state index in [1.807, 2.05) is 25.9 Å². The summed E-state index contributed by atoms with van der Waals surface area (Å²) >= 11 is 6.33. The van der Waals surface area contributed by atoms with Gasteiger partial charge in [-0.1, -0.05) is 23.7 Å². The number of hydrogen-bond acceptors (Lipinski definition) is 7. The molecule has 0 unspecified atom stereocenters. The van der Waals surface area contributed by atoms with E-state index >= 15 is 0 Å². The van der Waals surface area contributed by atoms with Crippen molar-refractivity contribution in [3.63, 3.8) is 0 Å². The van der Waals surface area contributed by atoms with Crippen molar-refractivity contribution in [3.8, 4) is 17.2 Å². The van der Waals surface area contributed by atoms with Crippen LogP contribution in [-0.4, -0.2) is 74.6 Å². The molecule has 1 aliphatic rings. The van der Waals surface area contributed by atoms with Gasteiger partial charge in [0.1, 0.15) is 11.5 Å². The zero-order valence-corrected chi connectivity index (χ0v) is 21.4. The van der Waals surface area contributed by atoms with Crippen LogP contribution in [0.3, 0.4) is 0 Å². The van der Waals surface area contributed by atoms with Gasteiger partial charge in [-0.05, 0) is 58.3 Å². The van der Waals surface area contributed by atoms with E-state index in [0.29, 0.717) is 47.9 Å². The Kier molecular flexibility index (Phi) is 8.64. The number of amides is 1. The van der Waals surface area contributed by atoms with Gasteiger partial charge in [-0.25, -0.2) is 0 Å². The molecule has 3 rings (SSSR count). The molecule has 1 amide bonds. The summed E-state index contributed by atoms with van der Waals surface area (Å²) in [7, 11) is 6.88. The molecule has 1 saturated heterocycles. The lowest BCUT2D eigenvalue weighted by molar-refractivity contribution is -0.140. The van der Waals surface area contributed by atoms with Gasteiger partial charge in [-0.15, -0.1) is 0 Å². The van der Waals surface area contributed by atoms with Gasteiger partial charge in [0.25, 0.3) is 11.7 Å². The monoisotopic (exact) mass is 502 g/mol. The number of carbonyl (C=O) groups excluding carboxylic acids is 2. The quantitative estimate of drug-likeness (QED) is 0.297. The Morgan fingerprint density at radius 3 is 2.46 bits per heavy atom. The number of ketones is 1. The lowest BCUT2D eigenvalue weighted by atomic mass is 9.94. The van der Waals surface area contributed by atoms with Crippen LogP contribution < -0.4 is 14.2 Å². The average Bonchev–Trinajstić information content (AvgIpc) is 3.09. The molecular weight excluding hydrogens is 472 g/mol. The molecule has 1 fully saturated rings. The zero-order chi connectivity index (χ0) is 25.7. The topological polar surface area (TPSA) is 88.5 Å². The largest absolute Gasteiger partial charge is 0.507 e. The molecule has 2 aromatic rings. The van der Waals surface area contributed by atoms with E-state index in [-0.39, 0.29) is 16.4 Å². The van der Waals surface area contributed by atoms with Crippen molar-refractivity contribution in [1.82, 2.24) is 9.80 Å². The third-order valence-corrected chi connectivity index (χ3v) is 6.07. The van der Waals surface area contributed by atoms with Gasteiger partial charge in [0.05, 0.1) is 37.5 Å². The van der Waals surface area contributed by atoms with Gasteiger partial charge < -0.3 is 29.1 Å². The second-order valence-electron chi connectivity index (χ2n) is 8.31. The highest BCUT2D eigenvalue weighted by Crippen LogP contribution is 2.45. The second-order valence-corrected chi connectivity index (χ2v) is 8.72. The number of likely N-dealkylation sites (tertiary alicyclic amines) is 1. The highest BCUT2D eigenvalue weighted by atomic mass is 35.5. The Bertz CT molecular complexity index is 1130. The third kappa shape index (κ3) is 5.39. The summed E-state index contributed by atoms with van der Waals surface area (Å²) in [5, 5.41) is 11.6. The number of methoxy groups -OCH3 is 2. The van der Waals surface area contributed by atoms with Gasteiger partial charge in [0.15, 0.2) is 11.5 Å². The van der Waals surface area contributed by atoms with E-state index < -0.39 is 17.7 Å². The van der Waals surface area contributed by atoms with Crippen LogP contribution >= 0.6 is 11.6 Å². The van der Waals surface area contributed by atoms with Gasteiger partial charge in [-0.2, -0.15) is 0 Å². The molecule has 0 spiro atoms. The molecule has 0 saturated carbocycles. The molecule has 0 aromatic heterocycles. The Morgan fingerprint density at radius 2 is 1.86 bits per heavy atom. The first-order chi connectivity index (χ1) is 16.7. The molecule has 1 N–H and O–H groups in total. The number of para-hydroxylation sites is 1. The van der Waals surface area contributed by atoms with Crippen molar-refractivity contribution in [3.05, 3.63) is 58.1 Å². The highest BCUT2D eigenvalue weighted by molar-refractivity contribution is 6.46. The molecular formula is C26H31ClN2O6. The number of rotatable bonds is 10. The predicted molar refractivity (Wildman–Crippen MR) is 134 cm³/mol. The second kappa shape index (κ2) is 11.5.